The average molecular weight is 308 g/mol. The molecule has 0 amide bonds. The van der Waals surface area contributed by atoms with E-state index in [-0.39, 0.29) is 0 Å². The lowest BCUT2D eigenvalue weighted by atomic mass is 9.81. The molecule has 0 unspecified atom stereocenters. The normalized spacial score (nSPS) is 26.2. The van der Waals surface area contributed by atoms with Crippen molar-refractivity contribution in [2.75, 3.05) is 13.1 Å². The van der Waals surface area contributed by atoms with Gasteiger partial charge < -0.3 is 9.64 Å². The van der Waals surface area contributed by atoms with Crippen LogP contribution in [0.2, 0.25) is 0 Å². The van der Waals surface area contributed by atoms with Crippen LogP contribution < -0.4 is 9.64 Å². The number of benzene rings is 2. The highest BCUT2D eigenvalue weighted by Crippen LogP contribution is 2.23. The third-order valence-electron chi connectivity index (χ3n) is 5.60. The van der Waals surface area contributed by atoms with E-state index in [1.54, 1.807) is 0 Å². The van der Waals surface area contributed by atoms with E-state index in [1.165, 1.54) is 49.9 Å². The quantitative estimate of drug-likeness (QED) is 0.897. The van der Waals surface area contributed by atoms with E-state index in [4.69, 9.17) is 4.74 Å². The second-order valence-electron chi connectivity index (χ2n) is 7.16. The fourth-order valence-corrected chi connectivity index (χ4v) is 4.24. The zero-order valence-corrected chi connectivity index (χ0v) is 13.7. The number of hydrogen-bond donors (Lipinski definition) is 1. The monoisotopic (exact) mass is 308 g/mol. The Morgan fingerprint density at radius 3 is 2.26 bits per heavy atom. The molecule has 0 aliphatic carbocycles. The van der Waals surface area contributed by atoms with E-state index in [9.17, 15) is 0 Å². The molecule has 2 aromatic carbocycles. The lowest BCUT2D eigenvalue weighted by Crippen LogP contribution is -3.18. The molecule has 3 aliphatic heterocycles. The van der Waals surface area contributed by atoms with Gasteiger partial charge in [0.1, 0.15) is 12.4 Å². The molecule has 3 fully saturated rings. The van der Waals surface area contributed by atoms with Crippen molar-refractivity contribution in [3.63, 3.8) is 0 Å². The summed E-state index contributed by atoms with van der Waals surface area (Å²) in [6.07, 6.45) is 5.57. The lowest BCUT2D eigenvalue weighted by Gasteiger charge is -2.42. The molecular formula is C21H26NO+. The molecule has 1 atom stereocenters. The summed E-state index contributed by atoms with van der Waals surface area (Å²) in [4.78, 5) is 1.84. The van der Waals surface area contributed by atoms with Gasteiger partial charge >= 0.3 is 0 Å². The van der Waals surface area contributed by atoms with Crippen molar-refractivity contribution in [2.24, 2.45) is 5.92 Å². The molecular weight excluding hydrogens is 282 g/mol. The number of nitrogens with one attached hydrogen (secondary N) is 1. The zero-order valence-electron chi connectivity index (χ0n) is 13.7. The third-order valence-corrected chi connectivity index (χ3v) is 5.60. The second kappa shape index (κ2) is 6.76. The maximum atomic E-state index is 5.88. The van der Waals surface area contributed by atoms with Crippen molar-refractivity contribution in [1.29, 1.82) is 0 Å². The highest BCUT2D eigenvalue weighted by atomic mass is 16.5. The van der Waals surface area contributed by atoms with E-state index >= 15 is 0 Å². The average Bonchev–Trinajstić information content (AvgIpc) is 2.63. The molecule has 0 radical (unpaired) electrons. The van der Waals surface area contributed by atoms with Gasteiger partial charge in [-0.1, -0.05) is 42.5 Å². The van der Waals surface area contributed by atoms with E-state index < -0.39 is 0 Å². The van der Waals surface area contributed by atoms with Crippen molar-refractivity contribution < 1.29 is 9.64 Å². The zero-order chi connectivity index (χ0) is 15.5. The van der Waals surface area contributed by atoms with Crippen molar-refractivity contribution in [3.05, 3.63) is 65.7 Å². The first-order valence-electron chi connectivity index (χ1n) is 8.97. The Morgan fingerprint density at radius 1 is 0.870 bits per heavy atom. The van der Waals surface area contributed by atoms with Crippen LogP contribution in [0.5, 0.6) is 5.75 Å². The predicted octanol–water partition coefficient (Wildman–Crippen LogP) is 2.88. The first kappa shape index (κ1) is 14.8. The van der Waals surface area contributed by atoms with Gasteiger partial charge in [0.15, 0.2) is 0 Å². The molecule has 0 saturated carbocycles. The van der Waals surface area contributed by atoms with Crippen molar-refractivity contribution in [2.45, 2.75) is 38.3 Å². The topological polar surface area (TPSA) is 13.7 Å². The van der Waals surface area contributed by atoms with Crippen LogP contribution in [0, 0.1) is 5.92 Å². The molecule has 1 N–H and O–H groups in total. The smallest absolute Gasteiger partial charge is 0.119 e. The summed E-state index contributed by atoms with van der Waals surface area (Å²) in [7, 11) is 0. The number of hydrogen-bond acceptors (Lipinski definition) is 1. The molecule has 3 heterocycles. The number of rotatable bonds is 5. The highest BCUT2D eigenvalue weighted by Gasteiger charge is 2.36. The maximum Gasteiger partial charge on any atom is 0.119 e. The van der Waals surface area contributed by atoms with Crippen LogP contribution in [0.3, 0.4) is 0 Å². The maximum absolute atomic E-state index is 5.88. The first-order chi connectivity index (χ1) is 11.4. The lowest BCUT2D eigenvalue weighted by molar-refractivity contribution is -0.941. The van der Waals surface area contributed by atoms with Gasteiger partial charge in [0.25, 0.3) is 0 Å². The van der Waals surface area contributed by atoms with Gasteiger partial charge in [0.2, 0.25) is 0 Å². The number of quaternary nitrogens is 1. The Morgan fingerprint density at radius 2 is 1.61 bits per heavy atom. The largest absolute Gasteiger partial charge is 0.489 e. The summed E-state index contributed by atoms with van der Waals surface area (Å²) >= 11 is 0. The van der Waals surface area contributed by atoms with E-state index in [2.05, 4.69) is 48.5 Å². The summed E-state index contributed by atoms with van der Waals surface area (Å²) in [6, 6.07) is 20.0. The summed E-state index contributed by atoms with van der Waals surface area (Å²) in [6.45, 7) is 3.43. The molecule has 5 rings (SSSR count). The Hall–Kier alpha value is -1.80. The predicted molar refractivity (Wildman–Crippen MR) is 92.7 cm³/mol. The van der Waals surface area contributed by atoms with Gasteiger partial charge in [-0.2, -0.15) is 0 Å². The number of fused-ring (bicyclic) bond motifs is 3. The molecule has 2 nitrogen and oxygen atoms in total. The summed E-state index contributed by atoms with van der Waals surface area (Å²) in [5, 5.41) is 0. The van der Waals surface area contributed by atoms with Crippen molar-refractivity contribution in [3.8, 4) is 5.75 Å². The van der Waals surface area contributed by atoms with Crippen LogP contribution in [0.1, 0.15) is 30.4 Å². The summed E-state index contributed by atoms with van der Waals surface area (Å²) < 4.78 is 5.88. The molecule has 2 aromatic rings. The van der Waals surface area contributed by atoms with Gasteiger partial charge in [0.05, 0.1) is 19.1 Å². The number of piperidine rings is 3. The minimum Gasteiger partial charge on any atom is -0.489 e. The van der Waals surface area contributed by atoms with E-state index in [1.807, 2.05) is 11.0 Å². The van der Waals surface area contributed by atoms with Crippen LogP contribution in [-0.2, 0) is 13.0 Å². The van der Waals surface area contributed by atoms with Crippen LogP contribution >= 0.6 is 0 Å². The first-order valence-corrected chi connectivity index (χ1v) is 8.97. The van der Waals surface area contributed by atoms with Gasteiger partial charge in [-0.15, -0.1) is 0 Å². The SMILES string of the molecule is c1ccc(COc2ccc(C[C@H]3CC4CC[NH+]3CC4)cc2)cc1. The standard InChI is InChI=1S/C21H25NO/c1-2-4-19(5-3-1)16-23-21-8-6-17(7-9-21)14-20-15-18-10-12-22(20)13-11-18/h1-9,18,20H,10-16H2/p+1/t20-/m0/s1. The Balaban J connectivity index is 1.33. The molecule has 2 bridgehead atoms. The highest BCUT2D eigenvalue weighted by molar-refractivity contribution is 5.28. The van der Waals surface area contributed by atoms with Crippen molar-refractivity contribution in [1.82, 2.24) is 0 Å². The fourth-order valence-electron chi connectivity index (χ4n) is 4.24. The van der Waals surface area contributed by atoms with Crippen LogP contribution in [-0.4, -0.2) is 19.1 Å². The number of ether oxygens (including phenoxy) is 1. The van der Waals surface area contributed by atoms with Crippen molar-refractivity contribution >= 4 is 0 Å². The molecule has 3 aliphatic rings. The third kappa shape index (κ3) is 3.59. The minimum atomic E-state index is 0.641. The van der Waals surface area contributed by atoms with Crippen LogP contribution in [0.4, 0.5) is 0 Å². The molecule has 23 heavy (non-hydrogen) atoms. The van der Waals surface area contributed by atoms with Crippen LogP contribution in [0.25, 0.3) is 0 Å². The fraction of sp³-hybridized carbons (Fsp3) is 0.429. The second-order valence-corrected chi connectivity index (χ2v) is 7.16. The summed E-state index contributed by atoms with van der Waals surface area (Å²) in [5.41, 5.74) is 2.67. The Bertz CT molecular complexity index is 614. The van der Waals surface area contributed by atoms with E-state index in [0.29, 0.717) is 6.61 Å². The van der Waals surface area contributed by atoms with Gasteiger partial charge in [0, 0.05) is 12.8 Å². The van der Waals surface area contributed by atoms with Gasteiger partial charge in [-0.25, -0.2) is 0 Å². The molecule has 120 valence electrons. The molecule has 0 aromatic heterocycles. The minimum absolute atomic E-state index is 0.641. The van der Waals surface area contributed by atoms with Gasteiger partial charge in [-0.05, 0) is 42.0 Å². The Labute approximate surface area is 139 Å². The van der Waals surface area contributed by atoms with Gasteiger partial charge in [-0.3, -0.25) is 0 Å². The van der Waals surface area contributed by atoms with E-state index in [0.717, 1.165) is 17.7 Å². The Kier molecular flexibility index (Phi) is 4.34. The molecule has 0 spiro atoms. The van der Waals surface area contributed by atoms with Crippen LogP contribution in [0.15, 0.2) is 54.6 Å². The molecule has 2 heteroatoms. The molecule has 3 saturated heterocycles. The summed E-state index contributed by atoms with van der Waals surface area (Å²) in [5.74, 6) is 1.97.